The minimum atomic E-state index is -3.85. The van der Waals surface area contributed by atoms with Crippen LogP contribution in [0.4, 0.5) is 17.1 Å². The Morgan fingerprint density at radius 3 is 2.06 bits per heavy atom. The number of nitrogens with zero attached hydrogens (tertiary/aromatic N) is 1. The van der Waals surface area contributed by atoms with Crippen molar-refractivity contribution in [2.45, 2.75) is 11.8 Å². The number of carbonyl (C=O) groups excluding carboxylic acids is 2. The molecule has 2 N–H and O–H groups in total. The molecular formula is C23H22BrN3O6S2. The highest BCUT2D eigenvalue weighted by Gasteiger charge is 2.22. The number of hydrogen-bond donors (Lipinski definition) is 2. The molecule has 35 heavy (non-hydrogen) atoms. The summed E-state index contributed by atoms with van der Waals surface area (Å²) in [6.07, 6.45) is 0.957. The van der Waals surface area contributed by atoms with E-state index in [4.69, 9.17) is 0 Å². The normalized spacial score (nSPS) is 11.5. The highest BCUT2D eigenvalue weighted by molar-refractivity contribution is 9.10. The second-order valence-corrected chi connectivity index (χ2v) is 12.1. The molecule has 0 aliphatic carbocycles. The maximum absolute atomic E-state index is 12.6. The minimum absolute atomic E-state index is 0.0165. The van der Waals surface area contributed by atoms with Crippen LogP contribution in [0, 0.1) is 0 Å². The van der Waals surface area contributed by atoms with Gasteiger partial charge in [-0.05, 0) is 67.6 Å². The lowest BCUT2D eigenvalue weighted by atomic mass is 10.1. The molecule has 3 rings (SSSR count). The highest BCUT2D eigenvalue weighted by atomic mass is 79.9. The molecule has 0 aromatic heterocycles. The predicted molar refractivity (Wildman–Crippen MR) is 139 cm³/mol. The molecule has 0 heterocycles. The Bertz CT molecular complexity index is 1460. The summed E-state index contributed by atoms with van der Waals surface area (Å²) in [4.78, 5) is 24.2. The summed E-state index contributed by atoms with van der Waals surface area (Å²) in [7, 11) is -7.69. The molecule has 0 aliphatic heterocycles. The van der Waals surface area contributed by atoms with E-state index >= 15 is 0 Å². The lowest BCUT2D eigenvalue weighted by Gasteiger charge is -2.22. The van der Waals surface area contributed by atoms with Crippen molar-refractivity contribution in [2.75, 3.05) is 27.1 Å². The fraction of sp³-hybridized carbons (Fsp3) is 0.130. The summed E-state index contributed by atoms with van der Waals surface area (Å²) in [6, 6.07) is 18.0. The van der Waals surface area contributed by atoms with Crippen LogP contribution in [0.2, 0.25) is 0 Å². The van der Waals surface area contributed by atoms with Crippen molar-refractivity contribution < 1.29 is 26.4 Å². The molecular weight excluding hydrogens is 558 g/mol. The molecule has 3 aromatic carbocycles. The number of anilines is 3. The van der Waals surface area contributed by atoms with E-state index in [2.05, 4.69) is 26.0 Å². The van der Waals surface area contributed by atoms with Gasteiger partial charge in [0, 0.05) is 21.4 Å². The van der Waals surface area contributed by atoms with Crippen LogP contribution in [0.5, 0.6) is 0 Å². The molecule has 3 aromatic rings. The van der Waals surface area contributed by atoms with Crippen molar-refractivity contribution in [1.29, 1.82) is 0 Å². The third kappa shape index (κ3) is 7.13. The van der Waals surface area contributed by atoms with E-state index < -0.39 is 32.5 Å². The van der Waals surface area contributed by atoms with Gasteiger partial charge in [-0.25, -0.2) is 16.8 Å². The number of amides is 1. The summed E-state index contributed by atoms with van der Waals surface area (Å²) in [5.74, 6) is -0.887. The summed E-state index contributed by atoms with van der Waals surface area (Å²) in [5, 5.41) is 2.55. The topological polar surface area (TPSA) is 130 Å². The van der Waals surface area contributed by atoms with Gasteiger partial charge in [0.15, 0.2) is 5.78 Å². The second kappa shape index (κ2) is 10.6. The Morgan fingerprint density at radius 2 is 1.49 bits per heavy atom. The first-order chi connectivity index (χ1) is 16.3. The van der Waals surface area contributed by atoms with Gasteiger partial charge in [0.05, 0.1) is 16.8 Å². The van der Waals surface area contributed by atoms with E-state index in [9.17, 15) is 26.4 Å². The van der Waals surface area contributed by atoms with Crippen LogP contribution in [-0.4, -0.2) is 41.3 Å². The molecule has 0 radical (unpaired) electrons. The number of carbonyl (C=O) groups is 2. The van der Waals surface area contributed by atoms with E-state index in [0.717, 1.165) is 15.0 Å². The van der Waals surface area contributed by atoms with Crippen LogP contribution >= 0.6 is 15.9 Å². The van der Waals surface area contributed by atoms with Gasteiger partial charge < -0.3 is 5.32 Å². The Labute approximate surface area is 212 Å². The van der Waals surface area contributed by atoms with E-state index in [-0.39, 0.29) is 22.1 Å². The molecule has 1 amide bonds. The highest BCUT2D eigenvalue weighted by Crippen LogP contribution is 2.22. The SMILES string of the molecule is CC(=O)c1cccc(N(CC(=O)Nc2ccc(S(=O)(=O)Nc3ccc(Br)cc3)cc2)S(C)(=O)=O)c1. The number of rotatable bonds is 9. The number of sulfonamides is 2. The maximum atomic E-state index is 12.6. The van der Waals surface area contributed by atoms with Crippen LogP contribution in [0.3, 0.4) is 0 Å². The quantitative estimate of drug-likeness (QED) is 0.370. The van der Waals surface area contributed by atoms with Crippen molar-refractivity contribution >= 4 is 64.7 Å². The zero-order chi connectivity index (χ0) is 25.8. The largest absolute Gasteiger partial charge is 0.325 e. The second-order valence-electron chi connectivity index (χ2n) is 7.56. The van der Waals surface area contributed by atoms with Gasteiger partial charge in [0.25, 0.3) is 10.0 Å². The van der Waals surface area contributed by atoms with Gasteiger partial charge in [0.2, 0.25) is 15.9 Å². The van der Waals surface area contributed by atoms with Crippen LogP contribution in [-0.2, 0) is 24.8 Å². The molecule has 0 atom stereocenters. The first-order valence-electron chi connectivity index (χ1n) is 10.1. The van der Waals surface area contributed by atoms with Crippen LogP contribution in [0.25, 0.3) is 0 Å². The molecule has 184 valence electrons. The molecule has 0 aliphatic rings. The monoisotopic (exact) mass is 579 g/mol. The average Bonchev–Trinajstić information content (AvgIpc) is 2.78. The van der Waals surface area contributed by atoms with Crippen molar-refractivity contribution in [2.24, 2.45) is 0 Å². The summed E-state index contributed by atoms with van der Waals surface area (Å²) in [6.45, 7) is 0.820. The first kappa shape index (κ1) is 26.4. The van der Waals surface area contributed by atoms with Crippen LogP contribution in [0.1, 0.15) is 17.3 Å². The van der Waals surface area contributed by atoms with Gasteiger partial charge in [0.1, 0.15) is 6.54 Å². The molecule has 0 fully saturated rings. The van der Waals surface area contributed by atoms with Crippen molar-refractivity contribution in [3.8, 4) is 0 Å². The maximum Gasteiger partial charge on any atom is 0.261 e. The lowest BCUT2D eigenvalue weighted by Crippen LogP contribution is -2.37. The first-order valence-corrected chi connectivity index (χ1v) is 14.2. The summed E-state index contributed by atoms with van der Waals surface area (Å²) < 4.78 is 54.0. The van der Waals surface area contributed by atoms with E-state index in [1.54, 1.807) is 30.3 Å². The number of halogens is 1. The third-order valence-corrected chi connectivity index (χ3v) is 7.84. The van der Waals surface area contributed by atoms with Crippen molar-refractivity contribution in [3.05, 3.63) is 82.8 Å². The van der Waals surface area contributed by atoms with Crippen molar-refractivity contribution in [1.82, 2.24) is 0 Å². The zero-order valence-electron chi connectivity index (χ0n) is 18.7. The zero-order valence-corrected chi connectivity index (χ0v) is 21.9. The number of nitrogens with one attached hydrogen (secondary N) is 2. The van der Waals surface area contributed by atoms with E-state index in [1.807, 2.05) is 0 Å². The molecule has 0 bridgehead atoms. The molecule has 0 saturated heterocycles. The van der Waals surface area contributed by atoms with Crippen LogP contribution in [0.15, 0.2) is 82.2 Å². The minimum Gasteiger partial charge on any atom is -0.325 e. The lowest BCUT2D eigenvalue weighted by molar-refractivity contribution is -0.114. The van der Waals surface area contributed by atoms with E-state index in [0.29, 0.717) is 11.3 Å². The molecule has 0 spiro atoms. The molecule has 0 saturated carbocycles. The number of benzene rings is 3. The molecule has 0 unspecified atom stereocenters. The Kier molecular flexibility index (Phi) is 7.98. The van der Waals surface area contributed by atoms with Crippen molar-refractivity contribution in [3.63, 3.8) is 0 Å². The molecule has 9 nitrogen and oxygen atoms in total. The van der Waals surface area contributed by atoms with Gasteiger partial charge >= 0.3 is 0 Å². The Hall–Kier alpha value is -3.22. The molecule has 12 heteroatoms. The fourth-order valence-electron chi connectivity index (χ4n) is 3.06. The van der Waals surface area contributed by atoms with Gasteiger partial charge in [-0.15, -0.1) is 0 Å². The third-order valence-electron chi connectivity index (χ3n) is 4.77. The van der Waals surface area contributed by atoms with Gasteiger partial charge in [-0.2, -0.15) is 0 Å². The fourth-order valence-corrected chi connectivity index (χ4v) is 5.23. The summed E-state index contributed by atoms with van der Waals surface area (Å²) in [5.41, 5.74) is 1.16. The van der Waals surface area contributed by atoms with Gasteiger partial charge in [-0.1, -0.05) is 28.1 Å². The average molecular weight is 580 g/mol. The smallest absolute Gasteiger partial charge is 0.261 e. The van der Waals surface area contributed by atoms with E-state index in [1.165, 1.54) is 49.4 Å². The summed E-state index contributed by atoms with van der Waals surface area (Å²) >= 11 is 3.28. The van der Waals surface area contributed by atoms with Crippen LogP contribution < -0.4 is 14.3 Å². The predicted octanol–water partition coefficient (Wildman–Crippen LogP) is 3.86. The Balaban J connectivity index is 1.72. The number of ketones is 1. The number of hydrogen-bond acceptors (Lipinski definition) is 6. The standard InChI is InChI=1S/C23H22BrN3O6S2/c1-16(28)17-4-3-5-21(14-17)27(34(2,30)31)15-23(29)25-19-10-12-22(13-11-19)35(32,33)26-20-8-6-18(24)7-9-20/h3-14,26H,15H2,1-2H3,(H,25,29). The van der Waals surface area contributed by atoms with Gasteiger partial charge in [-0.3, -0.25) is 18.6 Å². The number of Topliss-reactive ketones (excluding diaryl/α,β-unsaturated/α-hetero) is 1. The Morgan fingerprint density at radius 1 is 0.886 bits per heavy atom.